The van der Waals surface area contributed by atoms with E-state index in [0.717, 1.165) is 55.9 Å². The van der Waals surface area contributed by atoms with Gasteiger partial charge in [-0.15, -0.1) is 0 Å². The molecule has 0 unspecified atom stereocenters. The maximum Gasteiger partial charge on any atom is 0.137 e. The van der Waals surface area contributed by atoms with E-state index in [0.29, 0.717) is 0 Å². The lowest BCUT2D eigenvalue weighted by Gasteiger charge is -2.32. The predicted octanol–water partition coefficient (Wildman–Crippen LogP) is 12.3. The van der Waals surface area contributed by atoms with Gasteiger partial charge in [-0.2, -0.15) is 0 Å². The van der Waals surface area contributed by atoms with Crippen LogP contribution in [0.3, 0.4) is 0 Å². The van der Waals surface area contributed by atoms with Crippen molar-refractivity contribution in [2.45, 2.75) is 52.4 Å². The van der Waals surface area contributed by atoms with E-state index in [1.807, 2.05) is 24.5 Å². The third-order valence-corrected chi connectivity index (χ3v) is 9.06. The van der Waals surface area contributed by atoms with E-state index in [1.54, 1.807) is 0 Å². The Kier molecular flexibility index (Phi) is 7.96. The molecule has 2 heterocycles. The van der Waals surface area contributed by atoms with E-state index in [4.69, 9.17) is 9.97 Å². The molecule has 0 atom stereocenters. The Morgan fingerprint density at radius 1 is 0.375 bits per heavy atom. The zero-order valence-corrected chi connectivity index (χ0v) is 28.6. The normalized spacial score (nSPS) is 12.0. The van der Waals surface area contributed by atoms with E-state index in [9.17, 15) is 0 Å². The highest BCUT2D eigenvalue weighted by atomic mass is 15.2. The summed E-state index contributed by atoms with van der Waals surface area (Å²) in [5.41, 5.74) is 6.99. The van der Waals surface area contributed by atoms with Crippen LogP contribution in [0.5, 0.6) is 0 Å². The number of nitrogens with zero attached hydrogens (tertiary/aromatic N) is 4. The van der Waals surface area contributed by atoms with Gasteiger partial charge in [0, 0.05) is 45.3 Å². The first-order valence-corrected chi connectivity index (χ1v) is 16.7. The molecule has 5 aromatic carbocycles. The Morgan fingerprint density at radius 3 is 0.958 bits per heavy atom. The molecule has 4 nitrogen and oxygen atoms in total. The summed E-state index contributed by atoms with van der Waals surface area (Å²) in [4.78, 5) is 14.4. The van der Waals surface area contributed by atoms with Crippen molar-refractivity contribution in [3.63, 3.8) is 0 Å². The largest absolute Gasteiger partial charge is 0.294 e. The van der Waals surface area contributed by atoms with Crippen LogP contribution in [-0.2, 0) is 10.8 Å². The Labute approximate surface area is 284 Å². The molecule has 0 aliphatic carbocycles. The Morgan fingerprint density at radius 2 is 0.688 bits per heavy atom. The monoisotopic (exact) mass is 626 g/mol. The van der Waals surface area contributed by atoms with Crippen LogP contribution in [0, 0.1) is 0 Å². The first-order chi connectivity index (χ1) is 23.1. The molecule has 7 aromatic rings. The lowest BCUT2D eigenvalue weighted by atomic mass is 9.87. The molecule has 0 aliphatic rings. The fourth-order valence-corrected chi connectivity index (χ4v) is 6.51. The zero-order chi connectivity index (χ0) is 33.5. The van der Waals surface area contributed by atoms with Crippen molar-refractivity contribution >= 4 is 55.9 Å². The van der Waals surface area contributed by atoms with Gasteiger partial charge >= 0.3 is 0 Å². The molecule has 48 heavy (non-hydrogen) atoms. The second-order valence-electron chi connectivity index (χ2n) is 14.4. The third-order valence-electron chi connectivity index (χ3n) is 9.06. The number of anilines is 6. The van der Waals surface area contributed by atoms with E-state index in [2.05, 4.69) is 173 Å². The molecule has 0 spiro atoms. The SMILES string of the molecule is CC(C)(C)c1ccc(N(c2ccccn2)c2c3ccccc3c(N(c3ccc(C(C)(C)C)cc3)c3ccccn3)c3ccccc23)cc1. The molecule has 0 fully saturated rings. The molecular weight excluding hydrogens is 585 g/mol. The lowest BCUT2D eigenvalue weighted by Crippen LogP contribution is -2.17. The standard InChI is InChI=1S/C44H42N4/c1-43(2,3)31-21-25-33(26-22-31)47(39-19-11-13-29-45-39)41-35-15-7-9-17-37(35)42(38-18-10-8-16-36(38)41)48(40-20-12-14-30-46-40)34-27-23-32(24-28-34)44(4,5)6/h7-30H,1-6H3. The van der Waals surface area contributed by atoms with Crippen LogP contribution >= 0.6 is 0 Å². The van der Waals surface area contributed by atoms with Gasteiger partial charge in [-0.25, -0.2) is 9.97 Å². The van der Waals surface area contributed by atoms with Crippen LogP contribution in [0.2, 0.25) is 0 Å². The number of fused-ring (bicyclic) bond motifs is 2. The Bertz CT molecular complexity index is 1960. The summed E-state index contributed by atoms with van der Waals surface area (Å²) >= 11 is 0. The van der Waals surface area contributed by atoms with Crippen molar-refractivity contribution in [2.75, 3.05) is 9.80 Å². The summed E-state index contributed by atoms with van der Waals surface area (Å²) in [5.74, 6) is 1.73. The van der Waals surface area contributed by atoms with Crippen molar-refractivity contribution in [1.29, 1.82) is 0 Å². The summed E-state index contributed by atoms with van der Waals surface area (Å²) in [7, 11) is 0. The molecule has 0 aliphatic heterocycles. The van der Waals surface area contributed by atoms with E-state index in [-0.39, 0.29) is 10.8 Å². The molecule has 0 radical (unpaired) electrons. The van der Waals surface area contributed by atoms with Crippen molar-refractivity contribution in [3.8, 4) is 0 Å². The van der Waals surface area contributed by atoms with Gasteiger partial charge in [-0.1, -0.05) is 126 Å². The summed E-state index contributed by atoms with van der Waals surface area (Å²) in [6, 6.07) is 47.6. The minimum atomic E-state index is 0.0510. The van der Waals surface area contributed by atoms with Gasteiger partial charge in [0.15, 0.2) is 0 Å². The van der Waals surface area contributed by atoms with Crippen LogP contribution in [0.15, 0.2) is 146 Å². The van der Waals surface area contributed by atoms with Crippen molar-refractivity contribution in [1.82, 2.24) is 9.97 Å². The summed E-state index contributed by atoms with van der Waals surface area (Å²) in [6.45, 7) is 13.5. The van der Waals surface area contributed by atoms with Crippen LogP contribution in [-0.4, -0.2) is 9.97 Å². The van der Waals surface area contributed by atoms with Crippen molar-refractivity contribution in [2.24, 2.45) is 0 Å². The summed E-state index contributed by atoms with van der Waals surface area (Å²) in [6.07, 6.45) is 3.74. The smallest absolute Gasteiger partial charge is 0.137 e. The lowest BCUT2D eigenvalue weighted by molar-refractivity contribution is 0.590. The van der Waals surface area contributed by atoms with Gasteiger partial charge in [-0.3, -0.25) is 9.80 Å². The number of hydrogen-bond acceptors (Lipinski definition) is 4. The zero-order valence-electron chi connectivity index (χ0n) is 28.6. The van der Waals surface area contributed by atoms with Gasteiger partial charge in [0.05, 0.1) is 11.4 Å². The molecule has 4 heteroatoms. The van der Waals surface area contributed by atoms with Crippen LogP contribution in [0.1, 0.15) is 52.7 Å². The van der Waals surface area contributed by atoms with Crippen LogP contribution in [0.4, 0.5) is 34.4 Å². The highest BCUT2D eigenvalue weighted by molar-refractivity contribution is 6.23. The van der Waals surface area contributed by atoms with Crippen molar-refractivity contribution < 1.29 is 0 Å². The van der Waals surface area contributed by atoms with Gasteiger partial charge in [-0.05, 0) is 70.5 Å². The topological polar surface area (TPSA) is 32.3 Å². The van der Waals surface area contributed by atoms with Crippen LogP contribution < -0.4 is 9.80 Å². The van der Waals surface area contributed by atoms with Crippen LogP contribution in [0.25, 0.3) is 21.5 Å². The fraction of sp³-hybridized carbons (Fsp3) is 0.182. The van der Waals surface area contributed by atoms with E-state index in [1.165, 1.54) is 11.1 Å². The van der Waals surface area contributed by atoms with Crippen molar-refractivity contribution in [3.05, 3.63) is 157 Å². The maximum absolute atomic E-state index is 4.90. The first kappa shape index (κ1) is 31.1. The van der Waals surface area contributed by atoms with Gasteiger partial charge in [0.2, 0.25) is 0 Å². The number of hydrogen-bond donors (Lipinski definition) is 0. The second-order valence-corrected chi connectivity index (χ2v) is 14.4. The highest BCUT2D eigenvalue weighted by Crippen LogP contribution is 2.50. The first-order valence-electron chi connectivity index (χ1n) is 16.7. The molecule has 0 N–H and O–H groups in total. The van der Waals surface area contributed by atoms with Gasteiger partial charge in [0.1, 0.15) is 11.6 Å². The molecule has 0 saturated carbocycles. The number of aromatic nitrogens is 2. The molecule has 0 amide bonds. The average Bonchev–Trinajstić information content (AvgIpc) is 3.10. The molecule has 238 valence electrons. The average molecular weight is 627 g/mol. The van der Waals surface area contributed by atoms with E-state index >= 15 is 0 Å². The molecule has 0 bridgehead atoms. The maximum atomic E-state index is 4.90. The van der Waals surface area contributed by atoms with Gasteiger partial charge in [0.25, 0.3) is 0 Å². The number of pyridine rings is 2. The minimum absolute atomic E-state index is 0.0510. The third kappa shape index (κ3) is 5.79. The predicted molar refractivity (Wildman–Crippen MR) is 204 cm³/mol. The second kappa shape index (κ2) is 12.3. The van der Waals surface area contributed by atoms with Gasteiger partial charge < -0.3 is 0 Å². The molecular formula is C44H42N4. The Balaban J connectivity index is 1.55. The number of benzene rings is 5. The molecule has 0 saturated heterocycles. The summed E-state index contributed by atoms with van der Waals surface area (Å²) < 4.78 is 0. The quantitative estimate of drug-likeness (QED) is 0.136. The fourth-order valence-electron chi connectivity index (χ4n) is 6.51. The minimum Gasteiger partial charge on any atom is -0.294 e. The highest BCUT2D eigenvalue weighted by Gasteiger charge is 2.26. The Hall–Kier alpha value is -5.48. The summed E-state index contributed by atoms with van der Waals surface area (Å²) in [5, 5.41) is 4.51. The molecule has 2 aromatic heterocycles. The van der Waals surface area contributed by atoms with E-state index < -0.39 is 0 Å². The molecule has 7 rings (SSSR count). The number of rotatable bonds is 6.